The number of nitrogens with zero attached hydrogens (tertiary/aromatic N) is 3. The van der Waals surface area contributed by atoms with Crippen LogP contribution in [-0.2, 0) is 4.79 Å². The summed E-state index contributed by atoms with van der Waals surface area (Å²) >= 11 is 5.80. The fourth-order valence-corrected chi connectivity index (χ4v) is 1.98. The van der Waals surface area contributed by atoms with Crippen LogP contribution in [0, 0.1) is 5.92 Å². The molecule has 2 heterocycles. The van der Waals surface area contributed by atoms with Crippen LogP contribution in [0.1, 0.15) is 19.9 Å². The SMILES string of the molecule is CC(C)C(C(=O)O)n1cnc2cc(Cl)cnc21. The van der Waals surface area contributed by atoms with Crippen molar-refractivity contribution < 1.29 is 9.90 Å². The summed E-state index contributed by atoms with van der Waals surface area (Å²) in [5.74, 6) is -0.946. The van der Waals surface area contributed by atoms with Crippen LogP contribution >= 0.6 is 11.6 Å². The number of pyridine rings is 1. The number of carbonyl (C=O) groups is 1. The Kier molecular flexibility index (Phi) is 3.02. The summed E-state index contributed by atoms with van der Waals surface area (Å²) in [6.45, 7) is 3.70. The fraction of sp³-hybridized carbons (Fsp3) is 0.364. The second-order valence-corrected chi connectivity index (χ2v) is 4.61. The molecule has 0 spiro atoms. The molecule has 2 aromatic rings. The Morgan fingerprint density at radius 1 is 1.47 bits per heavy atom. The summed E-state index contributed by atoms with van der Waals surface area (Å²) in [7, 11) is 0. The van der Waals surface area contributed by atoms with Gasteiger partial charge in [0, 0.05) is 6.20 Å². The van der Waals surface area contributed by atoms with Gasteiger partial charge in [-0.15, -0.1) is 0 Å². The van der Waals surface area contributed by atoms with Crippen molar-refractivity contribution >= 4 is 28.7 Å². The van der Waals surface area contributed by atoms with E-state index in [2.05, 4.69) is 9.97 Å². The first-order valence-corrected chi connectivity index (χ1v) is 5.59. The van der Waals surface area contributed by atoms with E-state index in [-0.39, 0.29) is 5.92 Å². The Morgan fingerprint density at radius 3 is 2.76 bits per heavy atom. The van der Waals surface area contributed by atoms with Gasteiger partial charge in [-0.2, -0.15) is 0 Å². The Bertz CT molecular complexity index is 565. The number of carboxylic acids is 1. The van der Waals surface area contributed by atoms with Gasteiger partial charge in [-0.1, -0.05) is 25.4 Å². The minimum Gasteiger partial charge on any atom is -0.480 e. The van der Waals surface area contributed by atoms with Gasteiger partial charge in [-0.05, 0) is 12.0 Å². The fourth-order valence-electron chi connectivity index (χ4n) is 1.82. The normalized spacial score (nSPS) is 13.2. The molecule has 1 unspecified atom stereocenters. The van der Waals surface area contributed by atoms with Crippen LogP contribution in [0.15, 0.2) is 18.6 Å². The van der Waals surface area contributed by atoms with E-state index in [1.54, 1.807) is 10.6 Å². The number of rotatable bonds is 3. The van der Waals surface area contributed by atoms with Crippen LogP contribution in [0.2, 0.25) is 5.02 Å². The molecule has 2 aromatic heterocycles. The zero-order valence-corrected chi connectivity index (χ0v) is 10.2. The highest BCUT2D eigenvalue weighted by Gasteiger charge is 2.25. The van der Waals surface area contributed by atoms with Crippen LogP contribution in [-0.4, -0.2) is 25.6 Å². The van der Waals surface area contributed by atoms with Crippen molar-refractivity contribution in [3.63, 3.8) is 0 Å². The van der Waals surface area contributed by atoms with Gasteiger partial charge in [0.2, 0.25) is 0 Å². The summed E-state index contributed by atoms with van der Waals surface area (Å²) in [5, 5.41) is 9.71. The number of aliphatic carboxylic acids is 1. The van der Waals surface area contributed by atoms with E-state index in [4.69, 9.17) is 11.6 Å². The van der Waals surface area contributed by atoms with Crippen molar-refractivity contribution in [2.24, 2.45) is 5.92 Å². The summed E-state index contributed by atoms with van der Waals surface area (Å²) in [6.07, 6.45) is 2.98. The third-order valence-electron chi connectivity index (χ3n) is 2.56. The van der Waals surface area contributed by atoms with Gasteiger partial charge >= 0.3 is 5.97 Å². The topological polar surface area (TPSA) is 68.0 Å². The van der Waals surface area contributed by atoms with Gasteiger partial charge in [0.25, 0.3) is 0 Å². The highest BCUT2D eigenvalue weighted by atomic mass is 35.5. The van der Waals surface area contributed by atoms with Crippen molar-refractivity contribution in [1.82, 2.24) is 14.5 Å². The van der Waals surface area contributed by atoms with Crippen LogP contribution in [0.4, 0.5) is 0 Å². The summed E-state index contributed by atoms with van der Waals surface area (Å²) in [6, 6.07) is 0.994. The largest absolute Gasteiger partial charge is 0.480 e. The zero-order valence-electron chi connectivity index (χ0n) is 9.46. The van der Waals surface area contributed by atoms with Gasteiger partial charge in [-0.25, -0.2) is 14.8 Å². The van der Waals surface area contributed by atoms with E-state index < -0.39 is 12.0 Å². The molecule has 0 bridgehead atoms. The number of carboxylic acid groups (broad SMARTS) is 1. The average Bonchev–Trinajstić information content (AvgIpc) is 2.60. The second kappa shape index (κ2) is 4.33. The van der Waals surface area contributed by atoms with E-state index in [1.165, 1.54) is 12.5 Å². The maximum Gasteiger partial charge on any atom is 0.327 e. The van der Waals surface area contributed by atoms with Crippen molar-refractivity contribution in [3.05, 3.63) is 23.6 Å². The maximum absolute atomic E-state index is 11.2. The molecule has 0 radical (unpaired) electrons. The van der Waals surface area contributed by atoms with Crippen molar-refractivity contribution in [2.45, 2.75) is 19.9 Å². The van der Waals surface area contributed by atoms with Gasteiger partial charge in [0.1, 0.15) is 11.6 Å². The van der Waals surface area contributed by atoms with Crippen molar-refractivity contribution in [1.29, 1.82) is 0 Å². The Morgan fingerprint density at radius 2 is 2.18 bits per heavy atom. The molecule has 1 N–H and O–H groups in total. The molecule has 0 saturated heterocycles. The lowest BCUT2D eigenvalue weighted by atomic mass is 10.0. The number of fused-ring (bicyclic) bond motifs is 1. The number of halogens is 1. The minimum atomic E-state index is -0.893. The zero-order chi connectivity index (χ0) is 12.6. The highest BCUT2D eigenvalue weighted by molar-refractivity contribution is 6.31. The smallest absolute Gasteiger partial charge is 0.327 e. The van der Waals surface area contributed by atoms with E-state index in [9.17, 15) is 9.90 Å². The molecule has 0 saturated carbocycles. The first-order valence-electron chi connectivity index (χ1n) is 5.21. The summed E-state index contributed by atoms with van der Waals surface area (Å²) < 4.78 is 1.57. The molecule has 0 aliphatic heterocycles. The Labute approximate surface area is 103 Å². The molecular formula is C11H12ClN3O2. The molecule has 0 aliphatic carbocycles. The Balaban J connectivity index is 2.58. The molecule has 1 atom stereocenters. The average molecular weight is 254 g/mol. The van der Waals surface area contributed by atoms with Crippen LogP contribution in [0.25, 0.3) is 11.2 Å². The molecule has 0 amide bonds. The van der Waals surface area contributed by atoms with E-state index in [0.717, 1.165) is 0 Å². The monoisotopic (exact) mass is 253 g/mol. The van der Waals surface area contributed by atoms with Crippen LogP contribution in [0.3, 0.4) is 0 Å². The second-order valence-electron chi connectivity index (χ2n) is 4.18. The third kappa shape index (κ3) is 2.10. The molecule has 0 fully saturated rings. The first kappa shape index (κ1) is 11.9. The standard InChI is InChI=1S/C11H12ClN3O2/c1-6(2)9(11(16)17)15-5-14-8-3-7(12)4-13-10(8)15/h3-6,9H,1-2H3,(H,16,17). The number of aromatic nitrogens is 3. The number of hydrogen-bond donors (Lipinski definition) is 1. The van der Waals surface area contributed by atoms with Gasteiger partial charge in [0.15, 0.2) is 5.65 Å². The summed E-state index contributed by atoms with van der Waals surface area (Å²) in [4.78, 5) is 19.5. The van der Waals surface area contributed by atoms with Gasteiger partial charge < -0.3 is 9.67 Å². The number of imidazole rings is 1. The predicted molar refractivity (Wildman–Crippen MR) is 64.0 cm³/mol. The quantitative estimate of drug-likeness (QED) is 0.912. The first-order chi connectivity index (χ1) is 8.00. The van der Waals surface area contributed by atoms with Crippen molar-refractivity contribution in [2.75, 3.05) is 0 Å². The molecule has 90 valence electrons. The molecule has 5 nitrogen and oxygen atoms in total. The molecule has 6 heteroatoms. The molecule has 0 aliphatic rings. The highest BCUT2D eigenvalue weighted by Crippen LogP contribution is 2.23. The molecule has 0 aromatic carbocycles. The lowest BCUT2D eigenvalue weighted by Gasteiger charge is -2.17. The summed E-state index contributed by atoms with van der Waals surface area (Å²) in [5.41, 5.74) is 1.14. The van der Waals surface area contributed by atoms with Gasteiger partial charge in [0.05, 0.1) is 11.3 Å². The lowest BCUT2D eigenvalue weighted by molar-refractivity contribution is -0.142. The predicted octanol–water partition coefficient (Wildman–Crippen LogP) is 2.37. The van der Waals surface area contributed by atoms with Gasteiger partial charge in [-0.3, -0.25) is 0 Å². The van der Waals surface area contributed by atoms with E-state index in [0.29, 0.717) is 16.2 Å². The minimum absolute atomic E-state index is 0.0534. The van der Waals surface area contributed by atoms with Crippen LogP contribution in [0.5, 0.6) is 0 Å². The third-order valence-corrected chi connectivity index (χ3v) is 2.77. The maximum atomic E-state index is 11.2. The van der Waals surface area contributed by atoms with E-state index >= 15 is 0 Å². The molecular weight excluding hydrogens is 242 g/mol. The molecule has 2 rings (SSSR count). The number of hydrogen-bond acceptors (Lipinski definition) is 3. The van der Waals surface area contributed by atoms with E-state index in [1.807, 2.05) is 13.8 Å². The Hall–Kier alpha value is -1.62. The van der Waals surface area contributed by atoms with Crippen molar-refractivity contribution in [3.8, 4) is 0 Å². The lowest BCUT2D eigenvalue weighted by Crippen LogP contribution is -2.23. The molecule has 17 heavy (non-hydrogen) atoms. The van der Waals surface area contributed by atoms with Crippen LogP contribution < -0.4 is 0 Å².